The van der Waals surface area contributed by atoms with E-state index in [9.17, 15) is 19.6 Å². The topological polar surface area (TPSA) is 91.1 Å². The van der Waals surface area contributed by atoms with Gasteiger partial charge in [0.2, 0.25) is 11.8 Å². The van der Waals surface area contributed by atoms with E-state index in [0.29, 0.717) is 5.01 Å². The Morgan fingerprint density at radius 2 is 1.92 bits per heavy atom. The molecule has 0 unspecified atom stereocenters. The Hall–Kier alpha value is -2.33. The standard InChI is InChI=1S/C19H19N3O3S/c1-9(2)13-8-26-17(21-13)12(6-20)14(23)7-22-18(24)15-10-3-4-11(5-10)16(15)19(22)25/h3-4,8-12,15-16H,5,7H2,1-2H3/t10-,11-,12-,15-,16+/m0/s1. The normalized spacial score (nSPS) is 30.2. The van der Waals surface area contributed by atoms with Crippen LogP contribution in [0.2, 0.25) is 0 Å². The van der Waals surface area contributed by atoms with Crippen LogP contribution in [-0.4, -0.2) is 34.0 Å². The fraction of sp³-hybridized carbons (Fsp3) is 0.526. The molecule has 2 aliphatic carbocycles. The Labute approximate surface area is 155 Å². The van der Waals surface area contributed by atoms with Gasteiger partial charge in [0, 0.05) is 5.38 Å². The third-order valence-corrected chi connectivity index (χ3v) is 6.63. The van der Waals surface area contributed by atoms with Gasteiger partial charge in [0.25, 0.3) is 0 Å². The van der Waals surface area contributed by atoms with E-state index < -0.39 is 11.7 Å². The number of amides is 2. The number of imide groups is 1. The molecule has 1 aromatic rings. The number of likely N-dealkylation sites (tertiary alicyclic amines) is 1. The van der Waals surface area contributed by atoms with Crippen LogP contribution in [0.25, 0.3) is 0 Å². The second-order valence-corrected chi connectivity index (χ2v) is 8.45. The molecule has 2 amide bonds. The highest BCUT2D eigenvalue weighted by atomic mass is 32.1. The van der Waals surface area contributed by atoms with Gasteiger partial charge in [-0.2, -0.15) is 5.26 Å². The van der Waals surface area contributed by atoms with Gasteiger partial charge in [-0.15, -0.1) is 11.3 Å². The number of thiazole rings is 1. The number of allylic oxidation sites excluding steroid dienone is 2. The molecule has 134 valence electrons. The molecule has 7 heteroatoms. The van der Waals surface area contributed by atoms with Gasteiger partial charge in [0.15, 0.2) is 11.7 Å². The Balaban J connectivity index is 1.51. The Morgan fingerprint density at radius 1 is 1.31 bits per heavy atom. The summed E-state index contributed by atoms with van der Waals surface area (Å²) >= 11 is 1.27. The number of nitrogens with zero attached hydrogens (tertiary/aromatic N) is 3. The van der Waals surface area contributed by atoms with Crippen molar-refractivity contribution in [2.75, 3.05) is 6.54 Å². The third-order valence-electron chi connectivity index (χ3n) is 5.70. The summed E-state index contributed by atoms with van der Waals surface area (Å²) in [5.41, 5.74) is 0.837. The maximum atomic E-state index is 12.7. The van der Waals surface area contributed by atoms with Crippen molar-refractivity contribution in [2.24, 2.45) is 23.7 Å². The number of Topliss-reactive ketones (excluding diaryl/α,β-unsaturated/α-hetero) is 1. The molecule has 6 nitrogen and oxygen atoms in total. The summed E-state index contributed by atoms with van der Waals surface area (Å²) in [6.07, 6.45) is 4.89. The minimum atomic E-state index is -1.04. The summed E-state index contributed by atoms with van der Waals surface area (Å²) in [6, 6.07) is 1.99. The molecular formula is C19H19N3O3S. The highest BCUT2D eigenvalue weighted by molar-refractivity contribution is 7.10. The number of nitriles is 1. The molecular weight excluding hydrogens is 350 g/mol. The number of fused-ring (bicyclic) bond motifs is 5. The summed E-state index contributed by atoms with van der Waals surface area (Å²) in [5, 5.41) is 11.7. The minimum Gasteiger partial charge on any atom is -0.296 e. The fourth-order valence-electron chi connectivity index (χ4n) is 4.33. The molecule has 4 rings (SSSR count). The van der Waals surface area contributed by atoms with Crippen molar-refractivity contribution in [3.05, 3.63) is 28.2 Å². The van der Waals surface area contributed by atoms with Crippen LogP contribution in [-0.2, 0) is 14.4 Å². The van der Waals surface area contributed by atoms with E-state index >= 15 is 0 Å². The quantitative estimate of drug-likeness (QED) is 0.586. The molecule has 1 aliphatic heterocycles. The maximum Gasteiger partial charge on any atom is 0.234 e. The van der Waals surface area contributed by atoms with Gasteiger partial charge in [0.1, 0.15) is 5.01 Å². The van der Waals surface area contributed by atoms with E-state index in [-0.39, 0.29) is 47.9 Å². The van der Waals surface area contributed by atoms with Crippen LogP contribution in [0.5, 0.6) is 0 Å². The van der Waals surface area contributed by atoms with Crippen LogP contribution in [0.1, 0.15) is 42.8 Å². The van der Waals surface area contributed by atoms with Crippen LogP contribution < -0.4 is 0 Å². The van der Waals surface area contributed by atoms with Crippen LogP contribution in [0, 0.1) is 35.0 Å². The summed E-state index contributed by atoms with van der Waals surface area (Å²) in [4.78, 5) is 43.5. The number of hydrogen-bond acceptors (Lipinski definition) is 6. The SMILES string of the molecule is CC(C)c1csc([C@@H](C#N)C(=O)CN2C(=O)[C@@H]3[C@H](C2=O)[C@H]2C=C[C@H]3C2)n1. The largest absolute Gasteiger partial charge is 0.296 e. The van der Waals surface area contributed by atoms with E-state index in [1.54, 1.807) is 0 Å². The Morgan fingerprint density at radius 3 is 2.42 bits per heavy atom. The number of aromatic nitrogens is 1. The van der Waals surface area contributed by atoms with Crippen molar-refractivity contribution >= 4 is 28.9 Å². The zero-order valence-electron chi connectivity index (χ0n) is 14.6. The van der Waals surface area contributed by atoms with Gasteiger partial charge in [0.05, 0.1) is 30.1 Å². The lowest BCUT2D eigenvalue weighted by Crippen LogP contribution is -2.38. The van der Waals surface area contributed by atoms with Crippen molar-refractivity contribution in [3.8, 4) is 6.07 Å². The Bertz CT molecular complexity index is 836. The van der Waals surface area contributed by atoms with Crippen LogP contribution in [0.15, 0.2) is 17.5 Å². The summed E-state index contributed by atoms with van der Waals surface area (Å²) in [7, 11) is 0. The monoisotopic (exact) mass is 369 g/mol. The lowest BCUT2D eigenvalue weighted by molar-refractivity contribution is -0.144. The second kappa shape index (κ2) is 6.13. The van der Waals surface area contributed by atoms with E-state index in [2.05, 4.69) is 4.98 Å². The molecule has 1 saturated heterocycles. The lowest BCUT2D eigenvalue weighted by Gasteiger charge is -2.17. The van der Waals surface area contributed by atoms with Crippen LogP contribution in [0.4, 0.5) is 0 Å². The predicted octanol–water partition coefficient (Wildman–Crippen LogP) is 2.25. The molecule has 2 heterocycles. The van der Waals surface area contributed by atoms with Gasteiger partial charge in [-0.25, -0.2) is 4.98 Å². The minimum absolute atomic E-state index is 0.112. The number of carbonyl (C=O) groups is 3. The van der Waals surface area contributed by atoms with E-state index in [0.717, 1.165) is 17.0 Å². The maximum absolute atomic E-state index is 12.7. The lowest BCUT2D eigenvalue weighted by atomic mass is 9.85. The average molecular weight is 369 g/mol. The first kappa shape index (κ1) is 17.1. The molecule has 3 aliphatic rings. The number of rotatable bonds is 5. The zero-order valence-corrected chi connectivity index (χ0v) is 15.4. The van der Waals surface area contributed by atoms with Gasteiger partial charge < -0.3 is 0 Å². The predicted molar refractivity (Wildman–Crippen MR) is 94.0 cm³/mol. The molecule has 0 radical (unpaired) electrons. The summed E-state index contributed by atoms with van der Waals surface area (Å²) in [5.74, 6) is -2.22. The highest BCUT2D eigenvalue weighted by Crippen LogP contribution is 2.52. The van der Waals surface area contributed by atoms with Crippen LogP contribution >= 0.6 is 11.3 Å². The van der Waals surface area contributed by atoms with E-state index in [4.69, 9.17) is 0 Å². The van der Waals surface area contributed by atoms with Crippen molar-refractivity contribution in [2.45, 2.75) is 32.1 Å². The van der Waals surface area contributed by atoms with Crippen LogP contribution in [0.3, 0.4) is 0 Å². The van der Waals surface area contributed by atoms with Crippen molar-refractivity contribution in [1.29, 1.82) is 5.26 Å². The molecule has 2 bridgehead atoms. The molecule has 0 aromatic carbocycles. The van der Waals surface area contributed by atoms with E-state index in [1.807, 2.05) is 37.4 Å². The summed E-state index contributed by atoms with van der Waals surface area (Å²) in [6.45, 7) is 3.65. The summed E-state index contributed by atoms with van der Waals surface area (Å²) < 4.78 is 0. The molecule has 1 saturated carbocycles. The zero-order chi connectivity index (χ0) is 18.6. The van der Waals surface area contributed by atoms with Gasteiger partial charge in [-0.3, -0.25) is 19.3 Å². The second-order valence-electron chi connectivity index (χ2n) is 7.56. The average Bonchev–Trinajstić information content (AvgIpc) is 3.36. The number of hydrogen-bond donors (Lipinski definition) is 0. The van der Waals surface area contributed by atoms with Gasteiger partial charge >= 0.3 is 0 Å². The van der Waals surface area contributed by atoms with E-state index in [1.165, 1.54) is 11.3 Å². The van der Waals surface area contributed by atoms with Gasteiger partial charge in [-0.05, 0) is 24.2 Å². The smallest absolute Gasteiger partial charge is 0.234 e. The first-order chi connectivity index (χ1) is 12.4. The first-order valence-corrected chi connectivity index (χ1v) is 9.71. The van der Waals surface area contributed by atoms with Crippen molar-refractivity contribution in [3.63, 3.8) is 0 Å². The first-order valence-electron chi connectivity index (χ1n) is 8.83. The van der Waals surface area contributed by atoms with Crippen molar-refractivity contribution in [1.82, 2.24) is 9.88 Å². The molecule has 1 aromatic heterocycles. The highest BCUT2D eigenvalue weighted by Gasteiger charge is 2.59. The molecule has 2 fully saturated rings. The third kappa shape index (κ3) is 2.43. The molecule has 0 N–H and O–H groups in total. The molecule has 5 atom stereocenters. The molecule has 26 heavy (non-hydrogen) atoms. The number of carbonyl (C=O) groups excluding carboxylic acids is 3. The number of ketones is 1. The Kier molecular flexibility index (Phi) is 4.03. The molecule has 0 spiro atoms. The fourth-order valence-corrected chi connectivity index (χ4v) is 5.38. The van der Waals surface area contributed by atoms with Gasteiger partial charge in [-0.1, -0.05) is 26.0 Å². The van der Waals surface area contributed by atoms with Crippen molar-refractivity contribution < 1.29 is 14.4 Å².